The Balaban J connectivity index is 1.60. The number of thioether (sulfide) groups is 1. The molecule has 1 aromatic rings. The van der Waals surface area contributed by atoms with E-state index in [1.54, 1.807) is 0 Å². The molecule has 0 aromatic heterocycles. The van der Waals surface area contributed by atoms with E-state index in [1.807, 2.05) is 7.05 Å². The highest BCUT2D eigenvalue weighted by Gasteiger charge is 2.40. The number of aliphatic imine (C=N–C) groups is 1. The number of rotatable bonds is 5. The molecule has 2 aliphatic rings. The van der Waals surface area contributed by atoms with E-state index < -0.39 is 0 Å². The normalized spacial score (nSPS) is 24.7. The summed E-state index contributed by atoms with van der Waals surface area (Å²) < 4.78 is 5.56. The Morgan fingerprint density at radius 3 is 2.65 bits per heavy atom. The number of morpholine rings is 1. The van der Waals surface area contributed by atoms with Gasteiger partial charge in [0.05, 0.1) is 13.2 Å². The van der Waals surface area contributed by atoms with Gasteiger partial charge in [-0.05, 0) is 24.7 Å². The summed E-state index contributed by atoms with van der Waals surface area (Å²) in [6.07, 6.45) is 1.24. The van der Waals surface area contributed by atoms with Crippen molar-refractivity contribution in [1.82, 2.24) is 15.1 Å². The molecular formula is C20H32N4OS. The lowest BCUT2D eigenvalue weighted by Crippen LogP contribution is -2.60. The quantitative estimate of drug-likeness (QED) is 0.630. The molecule has 6 heteroatoms. The lowest BCUT2D eigenvalue weighted by atomic mass is 9.95. The molecule has 2 aliphatic heterocycles. The maximum Gasteiger partial charge on any atom is 0.193 e. The van der Waals surface area contributed by atoms with Crippen LogP contribution in [0.25, 0.3) is 0 Å². The first-order valence-electron chi connectivity index (χ1n) is 9.51. The van der Waals surface area contributed by atoms with Gasteiger partial charge < -0.3 is 15.0 Å². The van der Waals surface area contributed by atoms with Crippen molar-refractivity contribution in [2.45, 2.75) is 25.4 Å². The van der Waals surface area contributed by atoms with E-state index in [2.05, 4.69) is 70.1 Å². The molecule has 2 heterocycles. The SMILES string of the molecule is CN=C(NCC1(N2CCOCC2)CCSC1)N(C)Cc1ccc(C)cc1. The molecule has 1 unspecified atom stereocenters. The summed E-state index contributed by atoms with van der Waals surface area (Å²) in [6.45, 7) is 7.73. The average molecular weight is 377 g/mol. The van der Waals surface area contributed by atoms with Crippen LogP contribution in [0.1, 0.15) is 17.5 Å². The van der Waals surface area contributed by atoms with E-state index in [4.69, 9.17) is 4.74 Å². The molecule has 26 heavy (non-hydrogen) atoms. The number of hydrogen-bond acceptors (Lipinski definition) is 4. The maximum absolute atomic E-state index is 5.56. The number of hydrogen-bond donors (Lipinski definition) is 1. The predicted molar refractivity (Wildman–Crippen MR) is 111 cm³/mol. The Hall–Kier alpha value is -1.24. The second kappa shape index (κ2) is 9.11. The number of nitrogens with zero attached hydrogens (tertiary/aromatic N) is 3. The van der Waals surface area contributed by atoms with Crippen LogP contribution >= 0.6 is 11.8 Å². The average Bonchev–Trinajstić information content (AvgIpc) is 3.15. The first kappa shape index (κ1) is 19.5. The van der Waals surface area contributed by atoms with E-state index >= 15 is 0 Å². The molecule has 2 saturated heterocycles. The number of benzene rings is 1. The first-order chi connectivity index (χ1) is 12.6. The van der Waals surface area contributed by atoms with Gasteiger partial charge in [-0.2, -0.15) is 11.8 Å². The van der Waals surface area contributed by atoms with E-state index in [1.165, 1.54) is 29.1 Å². The monoisotopic (exact) mass is 376 g/mol. The van der Waals surface area contributed by atoms with Crippen molar-refractivity contribution in [2.75, 3.05) is 58.4 Å². The Bertz CT molecular complexity index is 592. The molecule has 0 bridgehead atoms. The first-order valence-corrected chi connectivity index (χ1v) is 10.7. The van der Waals surface area contributed by atoms with Crippen molar-refractivity contribution >= 4 is 17.7 Å². The Labute approximate surface area is 162 Å². The second-order valence-corrected chi connectivity index (χ2v) is 8.47. The van der Waals surface area contributed by atoms with Gasteiger partial charge in [0.2, 0.25) is 0 Å². The summed E-state index contributed by atoms with van der Waals surface area (Å²) >= 11 is 2.07. The molecular weight excluding hydrogens is 344 g/mol. The lowest BCUT2D eigenvalue weighted by Gasteiger charge is -2.43. The molecule has 5 nitrogen and oxygen atoms in total. The maximum atomic E-state index is 5.56. The molecule has 0 spiro atoms. The van der Waals surface area contributed by atoms with Crippen LogP contribution in [0.5, 0.6) is 0 Å². The van der Waals surface area contributed by atoms with E-state index in [9.17, 15) is 0 Å². The van der Waals surface area contributed by atoms with E-state index in [-0.39, 0.29) is 5.54 Å². The molecule has 144 valence electrons. The van der Waals surface area contributed by atoms with Gasteiger partial charge in [0.25, 0.3) is 0 Å². The van der Waals surface area contributed by atoms with Crippen LogP contribution in [0.4, 0.5) is 0 Å². The van der Waals surface area contributed by atoms with Gasteiger partial charge in [0.15, 0.2) is 5.96 Å². The Morgan fingerprint density at radius 1 is 1.31 bits per heavy atom. The minimum Gasteiger partial charge on any atom is -0.379 e. The summed E-state index contributed by atoms with van der Waals surface area (Å²) in [6, 6.07) is 8.73. The predicted octanol–water partition coefficient (Wildman–Crippen LogP) is 2.21. The number of aryl methyl sites for hydroxylation is 1. The zero-order chi connectivity index (χ0) is 18.4. The zero-order valence-electron chi connectivity index (χ0n) is 16.3. The van der Waals surface area contributed by atoms with E-state index in [0.717, 1.165) is 45.4 Å². The van der Waals surface area contributed by atoms with Crippen molar-refractivity contribution in [3.8, 4) is 0 Å². The smallest absolute Gasteiger partial charge is 0.193 e. The van der Waals surface area contributed by atoms with E-state index in [0.29, 0.717) is 0 Å². The molecule has 0 radical (unpaired) electrons. The summed E-state index contributed by atoms with van der Waals surface area (Å²) in [5, 5.41) is 3.66. The van der Waals surface area contributed by atoms with Crippen molar-refractivity contribution in [2.24, 2.45) is 4.99 Å². The van der Waals surface area contributed by atoms with Crippen molar-refractivity contribution in [3.63, 3.8) is 0 Å². The third-order valence-corrected chi connectivity index (χ3v) is 6.69. The van der Waals surface area contributed by atoms with Crippen LogP contribution in [-0.2, 0) is 11.3 Å². The molecule has 0 aliphatic carbocycles. The number of ether oxygens (including phenoxy) is 1. The van der Waals surface area contributed by atoms with Crippen LogP contribution in [0.3, 0.4) is 0 Å². The highest BCUT2D eigenvalue weighted by molar-refractivity contribution is 7.99. The van der Waals surface area contributed by atoms with Gasteiger partial charge in [0.1, 0.15) is 0 Å². The minimum atomic E-state index is 0.231. The van der Waals surface area contributed by atoms with Crippen molar-refractivity contribution < 1.29 is 4.74 Å². The highest BCUT2D eigenvalue weighted by Crippen LogP contribution is 2.33. The fraction of sp³-hybridized carbons (Fsp3) is 0.650. The van der Waals surface area contributed by atoms with Gasteiger partial charge in [-0.1, -0.05) is 29.8 Å². The third kappa shape index (κ3) is 4.72. The zero-order valence-corrected chi connectivity index (χ0v) is 17.1. The Morgan fingerprint density at radius 2 is 2.04 bits per heavy atom. The number of nitrogens with one attached hydrogen (secondary N) is 1. The molecule has 3 rings (SSSR count). The molecule has 1 aromatic carbocycles. The highest BCUT2D eigenvalue weighted by atomic mass is 32.2. The van der Waals surface area contributed by atoms with Crippen LogP contribution in [0.15, 0.2) is 29.3 Å². The third-order valence-electron chi connectivity index (χ3n) is 5.45. The van der Waals surface area contributed by atoms with Gasteiger partial charge in [-0.15, -0.1) is 0 Å². The van der Waals surface area contributed by atoms with Gasteiger partial charge >= 0.3 is 0 Å². The molecule has 1 N–H and O–H groups in total. The molecule has 2 fully saturated rings. The summed E-state index contributed by atoms with van der Waals surface area (Å²) in [4.78, 5) is 9.36. The fourth-order valence-corrected chi connectivity index (χ4v) is 5.28. The van der Waals surface area contributed by atoms with Gasteiger partial charge in [0, 0.05) is 51.6 Å². The van der Waals surface area contributed by atoms with Crippen LogP contribution in [0, 0.1) is 6.92 Å². The topological polar surface area (TPSA) is 40.1 Å². The van der Waals surface area contributed by atoms with Crippen LogP contribution < -0.4 is 5.32 Å². The van der Waals surface area contributed by atoms with Crippen LogP contribution in [-0.4, -0.2) is 79.7 Å². The van der Waals surface area contributed by atoms with Crippen molar-refractivity contribution in [1.29, 1.82) is 0 Å². The summed E-state index contributed by atoms with van der Waals surface area (Å²) in [7, 11) is 3.98. The van der Waals surface area contributed by atoms with Gasteiger partial charge in [-0.25, -0.2) is 0 Å². The second-order valence-electron chi connectivity index (χ2n) is 7.37. The molecule has 1 atom stereocenters. The van der Waals surface area contributed by atoms with Gasteiger partial charge in [-0.3, -0.25) is 9.89 Å². The summed E-state index contributed by atoms with van der Waals surface area (Å²) in [5.74, 6) is 3.41. The largest absolute Gasteiger partial charge is 0.379 e. The fourth-order valence-electron chi connectivity index (χ4n) is 3.81. The Kier molecular flexibility index (Phi) is 6.84. The minimum absolute atomic E-state index is 0.231. The molecule has 0 amide bonds. The lowest BCUT2D eigenvalue weighted by molar-refractivity contribution is -0.0121. The number of guanidine groups is 1. The summed E-state index contributed by atoms with van der Waals surface area (Å²) in [5.41, 5.74) is 2.83. The van der Waals surface area contributed by atoms with Crippen LogP contribution in [0.2, 0.25) is 0 Å². The standard InChI is InChI=1S/C20H32N4OS/c1-17-4-6-18(7-5-17)14-23(3)19(21-2)22-15-20(8-13-26-16-20)24-9-11-25-12-10-24/h4-7H,8-16H2,1-3H3,(H,21,22). The van der Waals surface area contributed by atoms with Crippen molar-refractivity contribution in [3.05, 3.63) is 35.4 Å². The molecule has 0 saturated carbocycles.